The van der Waals surface area contributed by atoms with Gasteiger partial charge in [0.2, 0.25) is 0 Å². The van der Waals surface area contributed by atoms with E-state index in [4.69, 9.17) is 0 Å². The first kappa shape index (κ1) is 12.4. The van der Waals surface area contributed by atoms with E-state index in [0.29, 0.717) is 6.42 Å². The Morgan fingerprint density at radius 3 is 3.05 bits per heavy atom. The van der Waals surface area contributed by atoms with Gasteiger partial charge in [0.15, 0.2) is 0 Å². The molecule has 0 aliphatic heterocycles. The van der Waals surface area contributed by atoms with Crippen LogP contribution < -0.4 is 0 Å². The minimum atomic E-state index is -0.750. The normalized spacial score (nSPS) is 21.6. The molecule has 19 heavy (non-hydrogen) atoms. The highest BCUT2D eigenvalue weighted by Crippen LogP contribution is 2.39. The van der Waals surface area contributed by atoms with Crippen LogP contribution in [0.25, 0.3) is 0 Å². The van der Waals surface area contributed by atoms with Gasteiger partial charge in [0.1, 0.15) is 5.82 Å². The Morgan fingerprint density at radius 1 is 1.42 bits per heavy atom. The summed E-state index contributed by atoms with van der Waals surface area (Å²) in [4.78, 5) is 4.39. The molecule has 0 radical (unpaired) electrons. The molecule has 1 heterocycles. The fourth-order valence-corrected chi connectivity index (χ4v) is 3.06. The van der Waals surface area contributed by atoms with E-state index >= 15 is 0 Å². The predicted octanol–water partition coefficient (Wildman–Crippen LogP) is 2.59. The smallest absolute Gasteiger partial charge is 0.111 e. The molecule has 100 valence electrons. The van der Waals surface area contributed by atoms with Crippen LogP contribution >= 0.6 is 0 Å². The van der Waals surface area contributed by atoms with Crippen LogP contribution in [-0.2, 0) is 25.0 Å². The second-order valence-corrected chi connectivity index (χ2v) is 5.50. The van der Waals surface area contributed by atoms with Gasteiger partial charge in [-0.15, -0.1) is 0 Å². The third-order valence-electron chi connectivity index (χ3n) is 4.17. The van der Waals surface area contributed by atoms with Crippen molar-refractivity contribution in [3.05, 3.63) is 53.1 Å². The summed E-state index contributed by atoms with van der Waals surface area (Å²) in [5.74, 6) is 0.972. The van der Waals surface area contributed by atoms with E-state index in [1.54, 1.807) is 0 Å². The molecule has 0 saturated heterocycles. The predicted molar refractivity (Wildman–Crippen MR) is 75.0 cm³/mol. The highest BCUT2D eigenvalue weighted by Gasteiger charge is 2.37. The maximum atomic E-state index is 11.0. The van der Waals surface area contributed by atoms with Crippen LogP contribution in [0.4, 0.5) is 0 Å². The SMILES string of the molecule is CCn1ccnc1CC1(O)CCc2ccc(C)cc21. The Kier molecular flexibility index (Phi) is 2.94. The zero-order valence-electron chi connectivity index (χ0n) is 11.6. The summed E-state index contributed by atoms with van der Waals surface area (Å²) in [5.41, 5.74) is 2.83. The highest BCUT2D eigenvalue weighted by atomic mass is 16.3. The second-order valence-electron chi connectivity index (χ2n) is 5.50. The quantitative estimate of drug-likeness (QED) is 0.916. The first-order chi connectivity index (χ1) is 9.12. The van der Waals surface area contributed by atoms with Crippen molar-refractivity contribution in [3.8, 4) is 0 Å². The second kappa shape index (κ2) is 4.49. The molecule has 0 saturated carbocycles. The molecule has 1 aromatic heterocycles. The van der Waals surface area contributed by atoms with E-state index in [9.17, 15) is 5.11 Å². The molecule has 3 rings (SSSR count). The average Bonchev–Trinajstić information content (AvgIpc) is 2.96. The Bertz CT molecular complexity index is 603. The number of benzene rings is 1. The third kappa shape index (κ3) is 2.08. The van der Waals surface area contributed by atoms with Crippen LogP contribution in [0.15, 0.2) is 30.6 Å². The molecule has 3 heteroatoms. The Morgan fingerprint density at radius 2 is 2.26 bits per heavy atom. The fraction of sp³-hybridized carbons (Fsp3) is 0.438. The van der Waals surface area contributed by atoms with Crippen LogP contribution in [0.3, 0.4) is 0 Å². The summed E-state index contributed by atoms with van der Waals surface area (Å²) < 4.78 is 2.10. The zero-order chi connectivity index (χ0) is 13.5. The maximum Gasteiger partial charge on any atom is 0.111 e. The lowest BCUT2D eigenvalue weighted by Gasteiger charge is -2.24. The van der Waals surface area contributed by atoms with Crippen molar-refractivity contribution >= 4 is 0 Å². The van der Waals surface area contributed by atoms with Crippen molar-refractivity contribution in [2.24, 2.45) is 0 Å². The Hall–Kier alpha value is -1.61. The van der Waals surface area contributed by atoms with E-state index in [1.807, 2.05) is 12.4 Å². The molecule has 1 unspecified atom stereocenters. The molecule has 0 fully saturated rings. The molecule has 1 N–H and O–H groups in total. The lowest BCUT2D eigenvalue weighted by atomic mass is 9.91. The number of nitrogens with zero attached hydrogens (tertiary/aromatic N) is 2. The van der Waals surface area contributed by atoms with Gasteiger partial charge in [-0.25, -0.2) is 4.98 Å². The molecule has 0 bridgehead atoms. The molecular weight excluding hydrogens is 236 g/mol. The molecule has 3 nitrogen and oxygen atoms in total. The van der Waals surface area contributed by atoms with Crippen molar-refractivity contribution in [1.82, 2.24) is 9.55 Å². The van der Waals surface area contributed by atoms with Gasteiger partial charge >= 0.3 is 0 Å². The van der Waals surface area contributed by atoms with Gasteiger partial charge in [-0.05, 0) is 37.8 Å². The van der Waals surface area contributed by atoms with E-state index in [1.165, 1.54) is 11.1 Å². The largest absolute Gasteiger partial charge is 0.385 e. The van der Waals surface area contributed by atoms with Gasteiger partial charge in [-0.3, -0.25) is 0 Å². The Labute approximate surface area is 113 Å². The number of hydrogen-bond donors (Lipinski definition) is 1. The van der Waals surface area contributed by atoms with E-state index in [-0.39, 0.29) is 0 Å². The van der Waals surface area contributed by atoms with Gasteiger partial charge < -0.3 is 9.67 Å². The number of imidazole rings is 1. The standard InChI is InChI=1S/C16H20N2O/c1-3-18-9-8-17-15(18)11-16(19)7-6-13-5-4-12(2)10-14(13)16/h4-5,8-10,19H,3,6-7,11H2,1-2H3. The summed E-state index contributed by atoms with van der Waals surface area (Å²) in [6.45, 7) is 5.07. The number of fused-ring (bicyclic) bond motifs is 1. The zero-order valence-corrected chi connectivity index (χ0v) is 11.6. The highest BCUT2D eigenvalue weighted by molar-refractivity contribution is 5.40. The van der Waals surface area contributed by atoms with Gasteiger partial charge in [-0.1, -0.05) is 23.8 Å². The number of aliphatic hydroxyl groups is 1. The topological polar surface area (TPSA) is 38.0 Å². The number of aryl methyl sites for hydroxylation is 3. The van der Waals surface area contributed by atoms with Gasteiger partial charge in [0, 0.05) is 25.4 Å². The van der Waals surface area contributed by atoms with Gasteiger partial charge in [0.25, 0.3) is 0 Å². The molecule has 1 atom stereocenters. The van der Waals surface area contributed by atoms with Crippen LogP contribution in [0, 0.1) is 6.92 Å². The molecule has 1 aliphatic rings. The number of rotatable bonds is 3. The van der Waals surface area contributed by atoms with Crippen molar-refractivity contribution in [3.63, 3.8) is 0 Å². The first-order valence-electron chi connectivity index (χ1n) is 6.95. The van der Waals surface area contributed by atoms with Gasteiger partial charge in [0.05, 0.1) is 5.60 Å². The van der Waals surface area contributed by atoms with Crippen LogP contribution in [0.5, 0.6) is 0 Å². The first-order valence-corrected chi connectivity index (χ1v) is 6.95. The molecule has 2 aromatic rings. The summed E-state index contributed by atoms with van der Waals surface area (Å²) in [6.07, 6.45) is 6.14. The molecular formula is C16H20N2O. The van der Waals surface area contributed by atoms with Crippen molar-refractivity contribution in [2.45, 2.75) is 45.3 Å². The third-order valence-corrected chi connectivity index (χ3v) is 4.17. The summed E-state index contributed by atoms with van der Waals surface area (Å²) >= 11 is 0. The average molecular weight is 256 g/mol. The minimum absolute atomic E-state index is 0.601. The maximum absolute atomic E-state index is 11.0. The molecule has 0 amide bonds. The number of aromatic nitrogens is 2. The summed E-state index contributed by atoms with van der Waals surface area (Å²) in [7, 11) is 0. The molecule has 1 aliphatic carbocycles. The van der Waals surface area contributed by atoms with Crippen LogP contribution in [0.2, 0.25) is 0 Å². The fourth-order valence-electron chi connectivity index (χ4n) is 3.06. The van der Waals surface area contributed by atoms with Crippen molar-refractivity contribution in [2.75, 3.05) is 0 Å². The summed E-state index contributed by atoms with van der Waals surface area (Å²) in [5, 5.41) is 11.0. The number of hydrogen-bond acceptors (Lipinski definition) is 2. The Balaban J connectivity index is 1.96. The van der Waals surface area contributed by atoms with E-state index in [0.717, 1.165) is 30.8 Å². The van der Waals surface area contributed by atoms with Crippen LogP contribution in [-0.4, -0.2) is 14.7 Å². The van der Waals surface area contributed by atoms with E-state index < -0.39 is 5.60 Å². The molecule has 1 aromatic carbocycles. The van der Waals surface area contributed by atoms with E-state index in [2.05, 4.69) is 41.6 Å². The van der Waals surface area contributed by atoms with Crippen LogP contribution in [0.1, 0.15) is 35.9 Å². The van der Waals surface area contributed by atoms with Crippen molar-refractivity contribution < 1.29 is 5.11 Å². The monoisotopic (exact) mass is 256 g/mol. The van der Waals surface area contributed by atoms with Crippen molar-refractivity contribution in [1.29, 1.82) is 0 Å². The summed E-state index contributed by atoms with van der Waals surface area (Å²) in [6, 6.07) is 6.40. The minimum Gasteiger partial charge on any atom is -0.385 e. The lowest BCUT2D eigenvalue weighted by molar-refractivity contribution is 0.0360. The molecule has 0 spiro atoms. The van der Waals surface area contributed by atoms with Gasteiger partial charge in [-0.2, -0.15) is 0 Å². The lowest BCUT2D eigenvalue weighted by Crippen LogP contribution is -2.27.